The normalized spacial score (nSPS) is 14.0. The summed E-state index contributed by atoms with van der Waals surface area (Å²) in [6.07, 6.45) is 8.94. The van der Waals surface area contributed by atoms with E-state index in [2.05, 4.69) is 9.88 Å². The lowest BCUT2D eigenvalue weighted by atomic mass is 10.1. The Kier molecular flexibility index (Phi) is 6.40. The minimum absolute atomic E-state index is 0.00103. The molecule has 0 unspecified atom stereocenters. The molecule has 1 aliphatic rings. The van der Waals surface area contributed by atoms with Crippen molar-refractivity contribution in [2.75, 3.05) is 31.1 Å². The Morgan fingerprint density at radius 1 is 0.882 bits per heavy atom. The number of benzene rings is 2. The Bertz CT molecular complexity index is 1300. The fourth-order valence-corrected chi connectivity index (χ4v) is 4.27. The van der Waals surface area contributed by atoms with Crippen molar-refractivity contribution in [3.8, 4) is 16.9 Å². The van der Waals surface area contributed by atoms with Crippen LogP contribution in [0.1, 0.15) is 5.56 Å². The van der Waals surface area contributed by atoms with E-state index in [0.717, 1.165) is 46.3 Å². The highest BCUT2D eigenvalue weighted by atomic mass is 35.5. The molecular formula is C27H24ClN5O. The zero-order valence-corrected chi connectivity index (χ0v) is 19.3. The molecule has 1 amide bonds. The number of nitrogens with zero attached hydrogens (tertiary/aromatic N) is 5. The third kappa shape index (κ3) is 4.87. The average molecular weight is 470 g/mol. The third-order valence-electron chi connectivity index (χ3n) is 5.89. The van der Waals surface area contributed by atoms with Gasteiger partial charge in [-0.3, -0.25) is 9.78 Å². The van der Waals surface area contributed by atoms with E-state index < -0.39 is 0 Å². The van der Waals surface area contributed by atoms with Crippen LogP contribution in [0.5, 0.6) is 0 Å². The van der Waals surface area contributed by atoms with Gasteiger partial charge in [-0.15, -0.1) is 0 Å². The van der Waals surface area contributed by atoms with Crippen molar-refractivity contribution in [2.45, 2.75) is 0 Å². The van der Waals surface area contributed by atoms with Crippen LogP contribution in [0.25, 0.3) is 23.0 Å². The van der Waals surface area contributed by atoms with Crippen molar-refractivity contribution < 1.29 is 4.79 Å². The Hall–Kier alpha value is -3.90. The number of anilines is 1. The lowest BCUT2D eigenvalue weighted by molar-refractivity contribution is -0.126. The van der Waals surface area contributed by atoms with Crippen molar-refractivity contribution in [1.29, 1.82) is 0 Å². The number of rotatable bonds is 5. The number of piperazine rings is 1. The number of carbonyl (C=O) groups excluding carboxylic acids is 1. The predicted octanol–water partition coefficient (Wildman–Crippen LogP) is 4.95. The van der Waals surface area contributed by atoms with Gasteiger partial charge in [0.2, 0.25) is 5.91 Å². The minimum atomic E-state index is -0.00103. The SMILES string of the molecule is O=C(/C=C/c1cn(-c2ccccc2)nc1-c1ccncc1)N1CCN(c2cccc(Cl)c2)CC1. The van der Waals surface area contributed by atoms with Gasteiger partial charge in [-0.1, -0.05) is 35.9 Å². The molecule has 6 nitrogen and oxygen atoms in total. The van der Waals surface area contributed by atoms with Crippen LogP contribution in [-0.2, 0) is 4.79 Å². The van der Waals surface area contributed by atoms with Crippen LogP contribution < -0.4 is 4.90 Å². The molecule has 1 fully saturated rings. The molecule has 1 aliphatic heterocycles. The Balaban J connectivity index is 1.32. The number of halogens is 1. The largest absolute Gasteiger partial charge is 0.368 e. The van der Waals surface area contributed by atoms with E-state index in [4.69, 9.17) is 16.7 Å². The van der Waals surface area contributed by atoms with Crippen LogP contribution in [0.3, 0.4) is 0 Å². The molecule has 170 valence electrons. The summed E-state index contributed by atoms with van der Waals surface area (Å²) in [5.74, 6) is -0.00103. The van der Waals surface area contributed by atoms with Gasteiger partial charge in [-0.05, 0) is 48.5 Å². The molecule has 0 saturated carbocycles. The molecule has 0 radical (unpaired) electrons. The van der Waals surface area contributed by atoms with Gasteiger partial charge in [0.1, 0.15) is 5.69 Å². The summed E-state index contributed by atoms with van der Waals surface area (Å²) in [6.45, 7) is 2.87. The molecule has 7 heteroatoms. The average Bonchev–Trinajstić information content (AvgIpc) is 3.33. The second kappa shape index (κ2) is 9.93. The number of amides is 1. The number of hydrogen-bond donors (Lipinski definition) is 0. The van der Waals surface area contributed by atoms with Crippen LogP contribution in [0.4, 0.5) is 5.69 Å². The van der Waals surface area contributed by atoms with Crippen LogP contribution in [-0.4, -0.2) is 51.8 Å². The van der Waals surface area contributed by atoms with E-state index in [1.54, 1.807) is 18.5 Å². The highest BCUT2D eigenvalue weighted by molar-refractivity contribution is 6.30. The monoisotopic (exact) mass is 469 g/mol. The zero-order valence-electron chi connectivity index (χ0n) is 18.6. The fraction of sp³-hybridized carbons (Fsp3) is 0.148. The van der Waals surface area contributed by atoms with Crippen molar-refractivity contribution in [3.63, 3.8) is 0 Å². The second-order valence-corrected chi connectivity index (χ2v) is 8.51. The number of aromatic nitrogens is 3. The van der Waals surface area contributed by atoms with E-state index in [9.17, 15) is 4.79 Å². The minimum Gasteiger partial charge on any atom is -0.368 e. The zero-order chi connectivity index (χ0) is 23.3. The molecule has 2 aromatic carbocycles. The Labute approximate surface area is 203 Å². The first-order valence-corrected chi connectivity index (χ1v) is 11.6. The predicted molar refractivity (Wildman–Crippen MR) is 136 cm³/mol. The maximum atomic E-state index is 13.0. The van der Waals surface area contributed by atoms with Crippen molar-refractivity contribution in [2.24, 2.45) is 0 Å². The molecule has 4 aromatic rings. The summed E-state index contributed by atoms with van der Waals surface area (Å²) in [5, 5.41) is 5.51. The Morgan fingerprint density at radius 2 is 1.62 bits per heavy atom. The van der Waals surface area contributed by atoms with Gasteiger partial charge in [-0.25, -0.2) is 4.68 Å². The van der Waals surface area contributed by atoms with Crippen LogP contribution in [0.15, 0.2) is 91.4 Å². The van der Waals surface area contributed by atoms with E-state index in [0.29, 0.717) is 13.1 Å². The quantitative estimate of drug-likeness (QED) is 0.388. The molecule has 0 atom stereocenters. The molecule has 0 aliphatic carbocycles. The summed E-state index contributed by atoms with van der Waals surface area (Å²) in [6, 6.07) is 21.6. The smallest absolute Gasteiger partial charge is 0.246 e. The van der Waals surface area contributed by atoms with E-state index in [-0.39, 0.29) is 5.91 Å². The number of para-hydroxylation sites is 1. The lowest BCUT2D eigenvalue weighted by Crippen LogP contribution is -2.48. The first-order valence-electron chi connectivity index (χ1n) is 11.2. The van der Waals surface area contributed by atoms with Gasteiger partial charge in [0, 0.05) is 72.7 Å². The molecule has 5 rings (SSSR count). The molecule has 0 N–H and O–H groups in total. The van der Waals surface area contributed by atoms with E-state index in [1.165, 1.54) is 0 Å². The summed E-state index contributed by atoms with van der Waals surface area (Å²) < 4.78 is 1.84. The van der Waals surface area contributed by atoms with Crippen LogP contribution in [0, 0.1) is 0 Å². The molecule has 3 heterocycles. The molecule has 2 aromatic heterocycles. The van der Waals surface area contributed by atoms with E-state index in [1.807, 2.05) is 88.6 Å². The van der Waals surface area contributed by atoms with Crippen LogP contribution >= 0.6 is 11.6 Å². The summed E-state index contributed by atoms with van der Waals surface area (Å²) >= 11 is 6.13. The van der Waals surface area contributed by atoms with Gasteiger partial charge in [0.25, 0.3) is 0 Å². The topological polar surface area (TPSA) is 54.3 Å². The van der Waals surface area contributed by atoms with Gasteiger partial charge < -0.3 is 9.80 Å². The summed E-state index contributed by atoms with van der Waals surface area (Å²) in [7, 11) is 0. The van der Waals surface area contributed by atoms with Gasteiger partial charge >= 0.3 is 0 Å². The lowest BCUT2D eigenvalue weighted by Gasteiger charge is -2.35. The highest BCUT2D eigenvalue weighted by Crippen LogP contribution is 2.25. The standard InChI is InChI=1S/C27H24ClN5O/c28-23-5-4-8-25(19-23)31-15-17-32(18-16-31)26(34)10-9-22-20-33(24-6-2-1-3-7-24)30-27(22)21-11-13-29-14-12-21/h1-14,19-20H,15-18H2/b10-9+. The summed E-state index contributed by atoms with van der Waals surface area (Å²) in [5.41, 5.74) is 4.68. The van der Waals surface area contributed by atoms with Crippen molar-refractivity contribution in [3.05, 3.63) is 102 Å². The fourth-order valence-electron chi connectivity index (χ4n) is 4.08. The third-order valence-corrected chi connectivity index (χ3v) is 6.12. The van der Waals surface area contributed by atoms with Crippen LogP contribution in [0.2, 0.25) is 5.02 Å². The number of pyridine rings is 1. The first kappa shape index (κ1) is 21.9. The molecule has 0 bridgehead atoms. The molecule has 0 spiro atoms. The van der Waals surface area contributed by atoms with Gasteiger partial charge in [0.05, 0.1) is 5.69 Å². The van der Waals surface area contributed by atoms with Crippen molar-refractivity contribution >= 4 is 29.3 Å². The maximum Gasteiger partial charge on any atom is 0.246 e. The van der Waals surface area contributed by atoms with Gasteiger partial charge in [-0.2, -0.15) is 5.10 Å². The molecule has 1 saturated heterocycles. The number of hydrogen-bond acceptors (Lipinski definition) is 4. The van der Waals surface area contributed by atoms with Crippen molar-refractivity contribution in [1.82, 2.24) is 19.7 Å². The van der Waals surface area contributed by atoms with E-state index >= 15 is 0 Å². The first-order chi connectivity index (χ1) is 16.7. The highest BCUT2D eigenvalue weighted by Gasteiger charge is 2.20. The molecular weight excluding hydrogens is 446 g/mol. The molecule has 34 heavy (non-hydrogen) atoms. The second-order valence-electron chi connectivity index (χ2n) is 8.07. The maximum absolute atomic E-state index is 13.0. The number of carbonyl (C=O) groups is 1. The Morgan fingerprint density at radius 3 is 2.35 bits per heavy atom. The van der Waals surface area contributed by atoms with Gasteiger partial charge in [0.15, 0.2) is 0 Å². The summed E-state index contributed by atoms with van der Waals surface area (Å²) in [4.78, 5) is 21.2.